The number of pyridine rings is 1. The summed E-state index contributed by atoms with van der Waals surface area (Å²) in [5.41, 5.74) is 2.58. The Labute approximate surface area is 111 Å². The summed E-state index contributed by atoms with van der Waals surface area (Å²) in [5, 5.41) is 15.5. The lowest BCUT2D eigenvalue weighted by molar-refractivity contribution is -0.385. The van der Waals surface area contributed by atoms with E-state index in [0.29, 0.717) is 0 Å². The molecule has 0 aromatic carbocycles. The summed E-state index contributed by atoms with van der Waals surface area (Å²) in [6.07, 6.45) is 3.16. The van der Waals surface area contributed by atoms with Crippen molar-refractivity contribution in [2.75, 3.05) is 0 Å². The maximum absolute atomic E-state index is 11.1. The van der Waals surface area contributed by atoms with E-state index in [9.17, 15) is 10.1 Å². The van der Waals surface area contributed by atoms with Crippen molar-refractivity contribution >= 4 is 5.69 Å². The number of aromatic nitrogens is 3. The summed E-state index contributed by atoms with van der Waals surface area (Å²) < 4.78 is 1.58. The molecule has 100 valence electrons. The van der Waals surface area contributed by atoms with Crippen LogP contribution in [0.15, 0.2) is 18.3 Å². The third-order valence-electron chi connectivity index (χ3n) is 2.94. The maximum Gasteiger partial charge on any atom is 0.314 e. The van der Waals surface area contributed by atoms with Gasteiger partial charge in [0, 0.05) is 18.0 Å². The highest BCUT2D eigenvalue weighted by atomic mass is 16.6. The molecule has 19 heavy (non-hydrogen) atoms. The molecule has 0 aliphatic rings. The number of hydrogen-bond acceptors (Lipinski definition) is 4. The van der Waals surface area contributed by atoms with E-state index in [0.717, 1.165) is 29.8 Å². The van der Waals surface area contributed by atoms with Gasteiger partial charge in [-0.25, -0.2) is 9.67 Å². The second kappa shape index (κ2) is 5.17. The van der Waals surface area contributed by atoms with Crippen LogP contribution in [0.1, 0.15) is 30.8 Å². The predicted molar refractivity (Wildman–Crippen MR) is 71.5 cm³/mol. The van der Waals surface area contributed by atoms with Crippen LogP contribution in [0.2, 0.25) is 0 Å². The van der Waals surface area contributed by atoms with E-state index in [4.69, 9.17) is 0 Å². The summed E-state index contributed by atoms with van der Waals surface area (Å²) in [5.74, 6) is 0.284. The fraction of sp³-hybridized carbons (Fsp3) is 0.385. The highest BCUT2D eigenvalue weighted by Crippen LogP contribution is 2.23. The second-order valence-corrected chi connectivity index (χ2v) is 4.36. The van der Waals surface area contributed by atoms with Gasteiger partial charge in [0.15, 0.2) is 0 Å². The maximum atomic E-state index is 11.1. The molecule has 0 N–H and O–H groups in total. The summed E-state index contributed by atoms with van der Waals surface area (Å²) in [7, 11) is 0. The predicted octanol–water partition coefficient (Wildman–Crippen LogP) is 2.61. The van der Waals surface area contributed by atoms with E-state index >= 15 is 0 Å². The molecule has 0 bridgehead atoms. The average molecular weight is 260 g/mol. The largest absolute Gasteiger partial charge is 0.314 e. The Morgan fingerprint density at radius 3 is 2.63 bits per heavy atom. The van der Waals surface area contributed by atoms with Gasteiger partial charge < -0.3 is 0 Å². The molecule has 0 fully saturated rings. The molecule has 0 atom stereocenters. The van der Waals surface area contributed by atoms with Crippen molar-refractivity contribution in [1.82, 2.24) is 14.8 Å². The summed E-state index contributed by atoms with van der Waals surface area (Å²) >= 11 is 0. The van der Waals surface area contributed by atoms with Gasteiger partial charge in [-0.2, -0.15) is 5.10 Å². The van der Waals surface area contributed by atoms with Crippen LogP contribution in [0.3, 0.4) is 0 Å². The van der Waals surface area contributed by atoms with E-state index in [1.807, 2.05) is 19.9 Å². The van der Waals surface area contributed by atoms with Gasteiger partial charge in [0.1, 0.15) is 0 Å². The van der Waals surface area contributed by atoms with Gasteiger partial charge >= 0.3 is 5.69 Å². The van der Waals surface area contributed by atoms with Crippen LogP contribution >= 0.6 is 0 Å². The molecule has 0 spiro atoms. The Morgan fingerprint density at radius 1 is 1.32 bits per heavy atom. The van der Waals surface area contributed by atoms with Crippen LogP contribution < -0.4 is 0 Å². The molecular weight excluding hydrogens is 244 g/mol. The zero-order chi connectivity index (χ0) is 14.0. The average Bonchev–Trinajstić information content (AvgIpc) is 2.81. The Kier molecular flexibility index (Phi) is 3.59. The lowest BCUT2D eigenvalue weighted by atomic mass is 10.2. The summed E-state index contributed by atoms with van der Waals surface area (Å²) in [6, 6.07) is 3.49. The zero-order valence-electron chi connectivity index (χ0n) is 11.3. The first-order valence-electron chi connectivity index (χ1n) is 6.26. The standard InChI is InChI=1S/C13H16N4O2/c1-4-10-7-11(5-2)16(15-10)13-12(17(18)19)6-9(3)8-14-13/h6-8H,4-5H2,1-3H3. The second-order valence-electron chi connectivity index (χ2n) is 4.36. The van der Waals surface area contributed by atoms with Crippen LogP contribution in [0.5, 0.6) is 0 Å². The molecule has 0 unspecified atom stereocenters. The lowest BCUT2D eigenvalue weighted by Crippen LogP contribution is -2.08. The van der Waals surface area contributed by atoms with Crippen molar-refractivity contribution in [3.63, 3.8) is 0 Å². The zero-order valence-corrected chi connectivity index (χ0v) is 11.3. The quantitative estimate of drug-likeness (QED) is 0.625. The minimum absolute atomic E-state index is 0.0135. The third kappa shape index (κ3) is 2.47. The minimum Gasteiger partial charge on any atom is -0.258 e. The topological polar surface area (TPSA) is 73.8 Å². The van der Waals surface area contributed by atoms with Gasteiger partial charge in [-0.1, -0.05) is 13.8 Å². The SMILES string of the molecule is CCc1cc(CC)n(-c2ncc(C)cc2[N+](=O)[O-])n1. The molecule has 2 heterocycles. The molecule has 0 radical (unpaired) electrons. The Morgan fingerprint density at radius 2 is 2.05 bits per heavy atom. The van der Waals surface area contributed by atoms with E-state index in [1.165, 1.54) is 6.07 Å². The van der Waals surface area contributed by atoms with E-state index < -0.39 is 4.92 Å². The van der Waals surface area contributed by atoms with Gasteiger partial charge in [-0.05, 0) is 31.4 Å². The molecule has 0 saturated carbocycles. The first-order chi connectivity index (χ1) is 9.06. The van der Waals surface area contributed by atoms with Crippen LogP contribution in [0, 0.1) is 17.0 Å². The van der Waals surface area contributed by atoms with Crippen molar-refractivity contribution in [1.29, 1.82) is 0 Å². The van der Waals surface area contributed by atoms with Crippen LogP contribution in [-0.4, -0.2) is 19.7 Å². The smallest absolute Gasteiger partial charge is 0.258 e. The van der Waals surface area contributed by atoms with Gasteiger partial charge in [0.05, 0.1) is 10.6 Å². The molecule has 0 aliphatic heterocycles. The number of rotatable bonds is 4. The highest BCUT2D eigenvalue weighted by molar-refractivity contribution is 5.48. The first-order valence-corrected chi connectivity index (χ1v) is 6.26. The number of aryl methyl sites for hydroxylation is 3. The monoisotopic (exact) mass is 260 g/mol. The summed E-state index contributed by atoms with van der Waals surface area (Å²) in [6.45, 7) is 5.78. The van der Waals surface area contributed by atoms with Gasteiger partial charge in [0.25, 0.3) is 0 Å². The van der Waals surface area contributed by atoms with Gasteiger partial charge in [-0.15, -0.1) is 0 Å². The molecule has 0 saturated heterocycles. The van der Waals surface area contributed by atoms with Crippen molar-refractivity contribution in [3.8, 4) is 5.82 Å². The number of hydrogen-bond donors (Lipinski definition) is 0. The van der Waals surface area contributed by atoms with Gasteiger partial charge in [-0.3, -0.25) is 10.1 Å². The lowest BCUT2D eigenvalue weighted by Gasteiger charge is -2.06. The van der Waals surface area contributed by atoms with E-state index in [-0.39, 0.29) is 11.5 Å². The highest BCUT2D eigenvalue weighted by Gasteiger charge is 2.20. The first kappa shape index (κ1) is 13.2. The number of nitro groups is 1. The molecule has 2 rings (SSSR count). The fourth-order valence-corrected chi connectivity index (χ4v) is 1.93. The normalized spacial score (nSPS) is 10.7. The van der Waals surface area contributed by atoms with Crippen molar-refractivity contribution < 1.29 is 4.92 Å². The molecular formula is C13H16N4O2. The molecule has 0 aliphatic carbocycles. The Hall–Kier alpha value is -2.24. The summed E-state index contributed by atoms with van der Waals surface area (Å²) in [4.78, 5) is 14.9. The van der Waals surface area contributed by atoms with Gasteiger partial charge in [0.2, 0.25) is 5.82 Å². The van der Waals surface area contributed by atoms with Crippen LogP contribution in [-0.2, 0) is 12.8 Å². The molecule has 6 nitrogen and oxygen atoms in total. The molecule has 2 aromatic rings. The third-order valence-corrected chi connectivity index (χ3v) is 2.94. The van der Waals surface area contributed by atoms with Crippen LogP contribution in [0.4, 0.5) is 5.69 Å². The van der Waals surface area contributed by atoms with E-state index in [2.05, 4.69) is 10.1 Å². The van der Waals surface area contributed by atoms with E-state index in [1.54, 1.807) is 17.8 Å². The van der Waals surface area contributed by atoms with Crippen molar-refractivity contribution in [2.45, 2.75) is 33.6 Å². The Balaban J connectivity index is 2.64. The Bertz CT molecular complexity index is 619. The molecule has 2 aromatic heterocycles. The van der Waals surface area contributed by atoms with Crippen molar-refractivity contribution in [3.05, 3.63) is 45.4 Å². The number of nitrogens with zero attached hydrogens (tertiary/aromatic N) is 4. The molecule has 6 heteroatoms. The fourth-order valence-electron chi connectivity index (χ4n) is 1.93. The molecule has 0 amide bonds. The minimum atomic E-state index is -0.415. The van der Waals surface area contributed by atoms with Crippen LogP contribution in [0.25, 0.3) is 5.82 Å². The van der Waals surface area contributed by atoms with Crippen molar-refractivity contribution in [2.24, 2.45) is 0 Å².